The van der Waals surface area contributed by atoms with Crippen molar-refractivity contribution in [2.75, 3.05) is 5.75 Å². The molecule has 5 heteroatoms. The number of hydrogen-bond acceptors (Lipinski definition) is 5. The fourth-order valence-electron chi connectivity index (χ4n) is 0.632. The summed E-state index contributed by atoms with van der Waals surface area (Å²) in [6.45, 7) is 3.81. The first-order valence-corrected chi connectivity index (χ1v) is 5.61. The van der Waals surface area contributed by atoms with Gasteiger partial charge in [-0.25, -0.2) is 4.98 Å². The summed E-state index contributed by atoms with van der Waals surface area (Å²) in [5.74, 6) is 1.59. The van der Waals surface area contributed by atoms with E-state index in [1.165, 1.54) is 11.5 Å². The molecule has 1 atom stereocenters. The Bertz CT molecular complexity index is 237. The van der Waals surface area contributed by atoms with Crippen molar-refractivity contribution in [1.29, 1.82) is 0 Å². The molecule has 0 radical (unpaired) electrons. The monoisotopic (exact) mass is 204 g/mol. The highest BCUT2D eigenvalue weighted by atomic mass is 32.2. The summed E-state index contributed by atoms with van der Waals surface area (Å²) in [7, 11) is 0. The first-order chi connectivity index (χ1) is 5.72. The summed E-state index contributed by atoms with van der Waals surface area (Å²) >= 11 is 2.97. The second-order valence-electron chi connectivity index (χ2n) is 2.49. The minimum Gasteiger partial charge on any atom is -0.393 e. The van der Waals surface area contributed by atoms with E-state index in [2.05, 4.69) is 9.36 Å². The number of aliphatic hydroxyl groups excluding tert-OH is 1. The number of aryl methyl sites for hydroxylation is 1. The average molecular weight is 204 g/mol. The molecule has 1 aromatic rings. The Morgan fingerprint density at radius 3 is 2.92 bits per heavy atom. The van der Waals surface area contributed by atoms with Crippen molar-refractivity contribution in [3.63, 3.8) is 0 Å². The molecule has 1 N–H and O–H groups in total. The van der Waals surface area contributed by atoms with Gasteiger partial charge in [-0.3, -0.25) is 0 Å². The third kappa shape index (κ3) is 3.08. The molecule has 1 heterocycles. The van der Waals surface area contributed by atoms with E-state index in [0.29, 0.717) is 5.75 Å². The van der Waals surface area contributed by atoms with E-state index in [9.17, 15) is 0 Å². The van der Waals surface area contributed by atoms with Crippen molar-refractivity contribution in [2.45, 2.75) is 30.7 Å². The highest BCUT2D eigenvalue weighted by molar-refractivity contribution is 8.00. The van der Waals surface area contributed by atoms with Gasteiger partial charge in [0.05, 0.1) is 6.10 Å². The molecule has 0 aliphatic heterocycles. The van der Waals surface area contributed by atoms with Gasteiger partial charge < -0.3 is 5.11 Å². The lowest BCUT2D eigenvalue weighted by atomic mass is 10.5. The Balaban J connectivity index is 2.41. The Hall–Kier alpha value is -0.130. The SMILES string of the molecule is CCc1nsc(SCC(C)O)n1. The van der Waals surface area contributed by atoms with Crippen LogP contribution in [0.3, 0.4) is 0 Å². The molecule has 12 heavy (non-hydrogen) atoms. The molecule has 0 aromatic carbocycles. The van der Waals surface area contributed by atoms with Gasteiger partial charge in [-0.2, -0.15) is 4.37 Å². The van der Waals surface area contributed by atoms with Crippen LogP contribution in [0.2, 0.25) is 0 Å². The summed E-state index contributed by atoms with van der Waals surface area (Å²) < 4.78 is 5.09. The van der Waals surface area contributed by atoms with Gasteiger partial charge in [0.2, 0.25) is 0 Å². The molecule has 0 aliphatic carbocycles. The fraction of sp³-hybridized carbons (Fsp3) is 0.714. The quantitative estimate of drug-likeness (QED) is 0.756. The number of thioether (sulfide) groups is 1. The maximum absolute atomic E-state index is 9.01. The predicted octanol–water partition coefficient (Wildman–Crippen LogP) is 1.57. The molecule has 0 saturated carbocycles. The van der Waals surface area contributed by atoms with E-state index in [-0.39, 0.29) is 6.10 Å². The normalized spacial score (nSPS) is 13.2. The lowest BCUT2D eigenvalue weighted by Crippen LogP contribution is -2.01. The first-order valence-electron chi connectivity index (χ1n) is 3.85. The van der Waals surface area contributed by atoms with Gasteiger partial charge >= 0.3 is 0 Å². The second-order valence-corrected chi connectivity index (χ2v) is 4.51. The average Bonchev–Trinajstić information content (AvgIpc) is 2.48. The Kier molecular flexibility index (Phi) is 3.97. The molecule has 1 unspecified atom stereocenters. The minimum atomic E-state index is -0.274. The predicted molar refractivity (Wildman–Crippen MR) is 51.7 cm³/mol. The van der Waals surface area contributed by atoms with Crippen molar-refractivity contribution in [2.24, 2.45) is 0 Å². The molecule has 0 saturated heterocycles. The lowest BCUT2D eigenvalue weighted by Gasteiger charge is -1.98. The van der Waals surface area contributed by atoms with Crippen LogP contribution < -0.4 is 0 Å². The Morgan fingerprint density at radius 1 is 1.67 bits per heavy atom. The van der Waals surface area contributed by atoms with Crippen LogP contribution in [-0.4, -0.2) is 26.3 Å². The van der Waals surface area contributed by atoms with Crippen LogP contribution >= 0.6 is 23.3 Å². The number of nitrogens with zero attached hydrogens (tertiary/aromatic N) is 2. The maximum atomic E-state index is 9.01. The van der Waals surface area contributed by atoms with Gasteiger partial charge in [-0.1, -0.05) is 18.7 Å². The third-order valence-corrected chi connectivity index (χ3v) is 3.33. The molecule has 3 nitrogen and oxygen atoms in total. The maximum Gasteiger partial charge on any atom is 0.170 e. The second kappa shape index (κ2) is 4.79. The van der Waals surface area contributed by atoms with E-state index in [1.54, 1.807) is 18.7 Å². The molecule has 1 rings (SSSR count). The van der Waals surface area contributed by atoms with Crippen LogP contribution in [0.15, 0.2) is 4.34 Å². The van der Waals surface area contributed by atoms with Gasteiger partial charge in [-0.15, -0.1) is 0 Å². The Morgan fingerprint density at radius 2 is 2.42 bits per heavy atom. The summed E-state index contributed by atoms with van der Waals surface area (Å²) in [6.07, 6.45) is 0.607. The smallest absolute Gasteiger partial charge is 0.170 e. The number of hydrogen-bond donors (Lipinski definition) is 1. The lowest BCUT2D eigenvalue weighted by molar-refractivity contribution is 0.220. The fourth-order valence-corrected chi connectivity index (χ4v) is 2.21. The first kappa shape index (κ1) is 9.95. The van der Waals surface area contributed by atoms with Crippen LogP contribution in [0.5, 0.6) is 0 Å². The van der Waals surface area contributed by atoms with E-state index >= 15 is 0 Å². The molecule has 0 amide bonds. The largest absolute Gasteiger partial charge is 0.393 e. The minimum absolute atomic E-state index is 0.274. The van der Waals surface area contributed by atoms with Crippen molar-refractivity contribution in [3.8, 4) is 0 Å². The number of aromatic nitrogens is 2. The zero-order valence-corrected chi connectivity index (χ0v) is 8.78. The van der Waals surface area contributed by atoms with Crippen molar-refractivity contribution in [1.82, 2.24) is 9.36 Å². The molecule has 0 bridgehead atoms. The van der Waals surface area contributed by atoms with E-state index < -0.39 is 0 Å². The van der Waals surface area contributed by atoms with Crippen LogP contribution in [0.4, 0.5) is 0 Å². The summed E-state index contributed by atoms with van der Waals surface area (Å²) in [6, 6.07) is 0. The van der Waals surface area contributed by atoms with Gasteiger partial charge in [0, 0.05) is 12.2 Å². The molecule has 0 fully saturated rings. The van der Waals surface area contributed by atoms with Crippen molar-refractivity contribution < 1.29 is 5.11 Å². The van der Waals surface area contributed by atoms with E-state index in [4.69, 9.17) is 5.11 Å². The van der Waals surface area contributed by atoms with Gasteiger partial charge in [0.1, 0.15) is 5.82 Å². The van der Waals surface area contributed by atoms with Crippen LogP contribution in [0.1, 0.15) is 19.7 Å². The summed E-state index contributed by atoms with van der Waals surface area (Å²) in [4.78, 5) is 4.26. The topological polar surface area (TPSA) is 46.0 Å². The molecule has 0 spiro atoms. The van der Waals surface area contributed by atoms with Gasteiger partial charge in [0.25, 0.3) is 0 Å². The zero-order chi connectivity index (χ0) is 8.97. The Labute approximate surface area is 80.4 Å². The van der Waals surface area contributed by atoms with Gasteiger partial charge in [-0.05, 0) is 18.5 Å². The third-order valence-electron chi connectivity index (χ3n) is 1.21. The number of rotatable bonds is 4. The molecule has 68 valence electrons. The number of aliphatic hydroxyl groups is 1. The highest BCUT2D eigenvalue weighted by Gasteiger charge is 2.04. The van der Waals surface area contributed by atoms with E-state index in [0.717, 1.165) is 16.6 Å². The van der Waals surface area contributed by atoms with Crippen molar-refractivity contribution in [3.05, 3.63) is 5.82 Å². The standard InChI is InChI=1S/C7H12N2OS2/c1-3-6-8-7(12-9-6)11-4-5(2)10/h5,10H,3-4H2,1-2H3. The van der Waals surface area contributed by atoms with Crippen LogP contribution in [-0.2, 0) is 6.42 Å². The molecular formula is C7H12N2OS2. The van der Waals surface area contributed by atoms with Gasteiger partial charge in [0.15, 0.2) is 4.34 Å². The van der Waals surface area contributed by atoms with E-state index in [1.807, 2.05) is 6.92 Å². The molecule has 0 aliphatic rings. The molecular weight excluding hydrogens is 192 g/mol. The summed E-state index contributed by atoms with van der Waals surface area (Å²) in [5, 5.41) is 9.01. The molecule has 1 aromatic heterocycles. The van der Waals surface area contributed by atoms with Crippen LogP contribution in [0, 0.1) is 0 Å². The van der Waals surface area contributed by atoms with Crippen LogP contribution in [0.25, 0.3) is 0 Å². The highest BCUT2D eigenvalue weighted by Crippen LogP contribution is 2.20. The zero-order valence-electron chi connectivity index (χ0n) is 7.15. The summed E-state index contributed by atoms with van der Waals surface area (Å²) in [5.41, 5.74) is 0. The van der Waals surface area contributed by atoms with Crippen molar-refractivity contribution >= 4 is 23.3 Å².